The van der Waals surface area contributed by atoms with Crippen LogP contribution < -0.4 is 31.9 Å². The average Bonchev–Trinajstić information content (AvgIpc) is 4.10. The Labute approximate surface area is 387 Å². The molecule has 19 nitrogen and oxygen atoms in total. The second kappa shape index (κ2) is 22.7. The van der Waals surface area contributed by atoms with Crippen molar-refractivity contribution in [2.24, 2.45) is 28.6 Å². The van der Waals surface area contributed by atoms with Crippen LogP contribution >= 0.6 is 0 Å². The quantitative estimate of drug-likeness (QED) is 0.0571. The normalized spacial score (nSPS) is 25.8. The van der Waals surface area contributed by atoms with E-state index in [4.69, 9.17) is 14.2 Å². The fraction of sp³-hybridized carbons (Fsp3) is 0.617. The maximum atomic E-state index is 10.8. The van der Waals surface area contributed by atoms with Gasteiger partial charge in [-0.1, -0.05) is 0 Å². The molecular formula is C47H64N16O3. The Bertz CT molecular complexity index is 2260. The summed E-state index contributed by atoms with van der Waals surface area (Å²) in [7, 11) is 3.46. The molecule has 3 aliphatic carbocycles. The Balaban J connectivity index is 0.883. The van der Waals surface area contributed by atoms with E-state index in [0.717, 1.165) is 112 Å². The van der Waals surface area contributed by atoms with E-state index in [0.29, 0.717) is 87.3 Å². The molecular weight excluding hydrogens is 837 g/mol. The van der Waals surface area contributed by atoms with Gasteiger partial charge in [-0.25, -0.2) is 19.9 Å². The summed E-state index contributed by atoms with van der Waals surface area (Å²) >= 11 is 0. The summed E-state index contributed by atoms with van der Waals surface area (Å²) in [5, 5.41) is 59.3. The largest absolute Gasteiger partial charge is 0.383 e. The number of hydrogen-bond acceptors (Lipinski definition) is 19. The topological polar surface area (TPSA) is 251 Å². The third kappa shape index (κ3) is 12.2. The van der Waals surface area contributed by atoms with Crippen LogP contribution in [0.1, 0.15) is 64.2 Å². The fourth-order valence-corrected chi connectivity index (χ4v) is 10.1. The Morgan fingerprint density at radius 3 is 1.94 bits per heavy atom. The molecule has 4 aliphatic rings. The molecule has 0 radical (unpaired) electrons. The van der Waals surface area contributed by atoms with Crippen LogP contribution in [0.3, 0.4) is 0 Å². The smallest absolute Gasteiger partial charge is 0.149 e. The highest BCUT2D eigenvalue weighted by Crippen LogP contribution is 2.60. The van der Waals surface area contributed by atoms with Crippen LogP contribution in [0.15, 0.2) is 49.3 Å². The van der Waals surface area contributed by atoms with Gasteiger partial charge in [-0.2, -0.15) is 20.7 Å². The van der Waals surface area contributed by atoms with Gasteiger partial charge in [0.05, 0.1) is 60.0 Å². The fourth-order valence-electron chi connectivity index (χ4n) is 10.1. The van der Waals surface area contributed by atoms with Crippen LogP contribution in [0.5, 0.6) is 0 Å². The zero-order valence-electron chi connectivity index (χ0n) is 38.2. The summed E-state index contributed by atoms with van der Waals surface area (Å²) in [5.74, 6) is 3.57. The number of anilines is 4. The van der Waals surface area contributed by atoms with Crippen LogP contribution in [0, 0.1) is 51.2 Å². The van der Waals surface area contributed by atoms with Crippen molar-refractivity contribution >= 4 is 23.3 Å². The molecule has 19 heteroatoms. The molecule has 0 bridgehead atoms. The molecule has 4 unspecified atom stereocenters. The molecule has 1 aliphatic heterocycles. The predicted molar refractivity (Wildman–Crippen MR) is 250 cm³/mol. The lowest BCUT2D eigenvalue weighted by Gasteiger charge is -2.38. The van der Waals surface area contributed by atoms with Gasteiger partial charge >= 0.3 is 0 Å². The molecule has 3 saturated carbocycles. The lowest BCUT2D eigenvalue weighted by Crippen LogP contribution is -2.42. The molecule has 4 aromatic rings. The maximum absolute atomic E-state index is 10.8. The minimum Gasteiger partial charge on any atom is -0.383 e. The van der Waals surface area contributed by atoms with E-state index in [1.807, 2.05) is 24.3 Å². The summed E-state index contributed by atoms with van der Waals surface area (Å²) in [4.78, 5) is 18.2. The SMILES string of the molecule is COCCNC1CCC(Nc2cc(-c3cnnc(NCC4(C#N)CC4C4C[C@H](NCCOC)CCC4CNc4cc(-c5cnnc(NCC6(C#N)CCOCC6)c5)ncn4)c3)ncn2)CC1. The van der Waals surface area contributed by atoms with Crippen molar-refractivity contribution in [3.8, 4) is 34.7 Å². The van der Waals surface area contributed by atoms with Gasteiger partial charge in [0, 0.05) is 102 Å². The highest BCUT2D eigenvalue weighted by molar-refractivity contribution is 5.65. The summed E-state index contributed by atoms with van der Waals surface area (Å²) < 4.78 is 16.0. The second-order valence-electron chi connectivity index (χ2n) is 18.4. The van der Waals surface area contributed by atoms with Gasteiger partial charge in [-0.15, -0.1) is 10.2 Å². The van der Waals surface area contributed by atoms with E-state index in [2.05, 4.69) is 84.4 Å². The molecule has 6 N–H and O–H groups in total. The van der Waals surface area contributed by atoms with Gasteiger partial charge in [0.25, 0.3) is 0 Å². The van der Waals surface area contributed by atoms with Gasteiger partial charge in [-0.3, -0.25) is 0 Å². The Hall–Kier alpha value is -5.70. The molecule has 5 atom stereocenters. The average molecular weight is 901 g/mol. The van der Waals surface area contributed by atoms with Crippen molar-refractivity contribution in [3.63, 3.8) is 0 Å². The van der Waals surface area contributed by atoms with E-state index in [1.165, 1.54) is 0 Å². The van der Waals surface area contributed by atoms with E-state index < -0.39 is 10.8 Å². The number of nitriles is 2. The lowest BCUT2D eigenvalue weighted by atomic mass is 9.72. The molecule has 0 amide bonds. The maximum Gasteiger partial charge on any atom is 0.149 e. The molecule has 1 saturated heterocycles. The Kier molecular flexibility index (Phi) is 16.1. The first-order chi connectivity index (χ1) is 32.4. The summed E-state index contributed by atoms with van der Waals surface area (Å²) in [6.45, 7) is 5.87. The zero-order chi connectivity index (χ0) is 45.6. The molecule has 4 aromatic heterocycles. The molecule has 66 heavy (non-hydrogen) atoms. The molecule has 0 aromatic carbocycles. The second-order valence-corrected chi connectivity index (χ2v) is 18.4. The minimum atomic E-state index is -0.529. The van der Waals surface area contributed by atoms with Gasteiger partial charge in [0.1, 0.15) is 35.9 Å². The van der Waals surface area contributed by atoms with Gasteiger partial charge < -0.3 is 46.1 Å². The minimum absolute atomic E-state index is 0.216. The van der Waals surface area contributed by atoms with Crippen LogP contribution in [-0.2, 0) is 14.2 Å². The van der Waals surface area contributed by atoms with Crippen molar-refractivity contribution in [1.29, 1.82) is 10.5 Å². The first-order valence-electron chi connectivity index (χ1n) is 23.5. The first kappa shape index (κ1) is 46.8. The predicted octanol–water partition coefficient (Wildman–Crippen LogP) is 4.95. The number of ether oxygens (including phenoxy) is 3. The molecule has 0 spiro atoms. The van der Waals surface area contributed by atoms with Crippen molar-refractivity contribution in [2.45, 2.75) is 82.3 Å². The van der Waals surface area contributed by atoms with Crippen molar-refractivity contribution in [2.75, 3.05) is 94.6 Å². The highest BCUT2D eigenvalue weighted by atomic mass is 16.5. The number of nitrogens with one attached hydrogen (secondary N) is 6. The van der Waals surface area contributed by atoms with Crippen molar-refractivity contribution < 1.29 is 14.2 Å². The molecule has 350 valence electrons. The zero-order valence-corrected chi connectivity index (χ0v) is 38.2. The van der Waals surface area contributed by atoms with Gasteiger partial charge in [-0.05, 0) is 94.1 Å². The van der Waals surface area contributed by atoms with Crippen molar-refractivity contribution in [3.05, 3.63) is 49.3 Å². The molecule has 5 heterocycles. The van der Waals surface area contributed by atoms with E-state index in [1.54, 1.807) is 39.3 Å². The standard InChI is InChI=1S/C47H64N16O3/c1-64-15-11-50-35-5-7-36(8-6-35)61-43-21-41(56-31-58-43)34-18-45(63-60-25-34)54-29-47(27-49)22-39(47)38-19-37(51-12-16-65-2)4-3-32(38)23-52-42-20-40(55-30-57-42)33-17-44(62-59-24-33)53-28-46(26-48)9-13-66-14-10-46/h17-18,20-21,24-25,30-32,35-39,50-51H,3-16,19,22-23,28-29H2,1-2H3,(H,53,62)(H,54,63)(H,52,55,57)(H,56,58,61)/t32?,35?,36?,37-,38?,39?,47?/m1/s1. The summed E-state index contributed by atoms with van der Waals surface area (Å²) in [5.41, 5.74) is 2.08. The summed E-state index contributed by atoms with van der Waals surface area (Å²) in [6, 6.07) is 14.2. The number of aromatic nitrogens is 8. The van der Waals surface area contributed by atoms with Gasteiger partial charge in [0.2, 0.25) is 0 Å². The van der Waals surface area contributed by atoms with Crippen molar-refractivity contribution in [1.82, 2.24) is 51.0 Å². The monoisotopic (exact) mass is 901 g/mol. The number of rotatable bonds is 22. The Morgan fingerprint density at radius 2 is 1.29 bits per heavy atom. The number of hydrogen-bond donors (Lipinski definition) is 6. The lowest BCUT2D eigenvalue weighted by molar-refractivity contribution is 0.0455. The Morgan fingerprint density at radius 1 is 0.682 bits per heavy atom. The van der Waals surface area contributed by atoms with Crippen LogP contribution in [0.2, 0.25) is 0 Å². The number of methoxy groups -OCH3 is 2. The third-order valence-corrected chi connectivity index (χ3v) is 14.1. The van der Waals surface area contributed by atoms with E-state index in [9.17, 15) is 10.5 Å². The van der Waals surface area contributed by atoms with Crippen LogP contribution in [0.4, 0.5) is 23.3 Å². The summed E-state index contributed by atoms with van der Waals surface area (Å²) in [6.07, 6.45) is 16.1. The van der Waals surface area contributed by atoms with E-state index >= 15 is 0 Å². The first-order valence-corrected chi connectivity index (χ1v) is 23.5. The molecule has 8 rings (SSSR count). The van der Waals surface area contributed by atoms with Crippen LogP contribution in [-0.4, -0.2) is 132 Å². The van der Waals surface area contributed by atoms with Crippen LogP contribution in [0.25, 0.3) is 22.5 Å². The van der Waals surface area contributed by atoms with Gasteiger partial charge in [0.15, 0.2) is 0 Å². The third-order valence-electron chi connectivity index (χ3n) is 14.1. The van der Waals surface area contributed by atoms with E-state index in [-0.39, 0.29) is 5.92 Å². The number of nitrogens with zero attached hydrogens (tertiary/aromatic N) is 10. The highest BCUT2D eigenvalue weighted by Gasteiger charge is 2.60. The molecule has 4 fully saturated rings.